The van der Waals surface area contributed by atoms with E-state index < -0.39 is 56.3 Å². The lowest BCUT2D eigenvalue weighted by Gasteiger charge is -2.06. The molecule has 1 aromatic carbocycles. The Labute approximate surface area is 144 Å². The second-order valence-electron chi connectivity index (χ2n) is 5.04. The summed E-state index contributed by atoms with van der Waals surface area (Å²) in [6, 6.07) is 4.22. The molecule has 2 aromatic rings. The zero-order valence-corrected chi connectivity index (χ0v) is 13.9. The van der Waals surface area contributed by atoms with Gasteiger partial charge in [-0.2, -0.15) is 13.2 Å². The third-order valence-electron chi connectivity index (χ3n) is 3.25. The average molecular weight is 395 g/mol. The molecule has 0 aliphatic rings. The number of non-ortho nitro benzene ring substituents is 1. The first-order chi connectivity index (χ1) is 11.9. The molecule has 1 heterocycles. The van der Waals surface area contributed by atoms with Crippen molar-refractivity contribution in [2.75, 3.05) is 6.54 Å². The van der Waals surface area contributed by atoms with Crippen LogP contribution in [0.1, 0.15) is 5.82 Å². The minimum atomic E-state index is -4.83. The second-order valence-corrected chi connectivity index (χ2v) is 6.81. The van der Waals surface area contributed by atoms with Gasteiger partial charge >= 0.3 is 11.9 Å². The molecule has 0 unspecified atom stereocenters. The summed E-state index contributed by atoms with van der Waals surface area (Å²) in [5.41, 5.74) is -1.50. The minimum Gasteiger partial charge on any atom is -0.274 e. The Morgan fingerprint density at radius 3 is 2.54 bits per heavy atom. The van der Waals surface area contributed by atoms with Crippen molar-refractivity contribution >= 4 is 15.7 Å². The number of halogens is 3. The van der Waals surface area contributed by atoms with E-state index in [-0.39, 0.29) is 0 Å². The SMILES string of the molecule is Cn1c(C(F)(F)F)nn(CCNS(=O)(=O)c2cccc([N+](=O)[O-])c2)c1=O. The van der Waals surface area contributed by atoms with Crippen LogP contribution >= 0.6 is 0 Å². The number of aromatic nitrogens is 3. The van der Waals surface area contributed by atoms with Crippen LogP contribution < -0.4 is 10.4 Å². The Morgan fingerprint density at radius 1 is 1.35 bits per heavy atom. The highest BCUT2D eigenvalue weighted by atomic mass is 32.2. The van der Waals surface area contributed by atoms with Crippen molar-refractivity contribution in [1.29, 1.82) is 0 Å². The van der Waals surface area contributed by atoms with Gasteiger partial charge in [0.25, 0.3) is 5.69 Å². The lowest BCUT2D eigenvalue weighted by molar-refractivity contribution is -0.385. The lowest BCUT2D eigenvalue weighted by atomic mass is 10.3. The molecule has 0 spiro atoms. The second kappa shape index (κ2) is 6.87. The number of nitrogens with zero attached hydrogens (tertiary/aromatic N) is 4. The van der Waals surface area contributed by atoms with Crippen molar-refractivity contribution < 1.29 is 26.5 Å². The molecular formula is C12H12F3N5O5S. The molecule has 0 saturated carbocycles. The maximum Gasteiger partial charge on any atom is 0.451 e. The quantitative estimate of drug-likeness (QED) is 0.560. The van der Waals surface area contributed by atoms with E-state index in [1.165, 1.54) is 6.07 Å². The van der Waals surface area contributed by atoms with Gasteiger partial charge in [0.05, 0.1) is 16.4 Å². The summed E-state index contributed by atoms with van der Waals surface area (Å²) in [7, 11) is -3.27. The molecule has 0 aliphatic heterocycles. The van der Waals surface area contributed by atoms with E-state index in [9.17, 15) is 36.5 Å². The number of nitro groups is 1. The summed E-state index contributed by atoms with van der Waals surface area (Å²) in [5.74, 6) is -1.41. The zero-order chi connectivity index (χ0) is 19.7. The van der Waals surface area contributed by atoms with Crippen molar-refractivity contribution in [2.45, 2.75) is 17.6 Å². The van der Waals surface area contributed by atoms with E-state index >= 15 is 0 Å². The largest absolute Gasteiger partial charge is 0.451 e. The van der Waals surface area contributed by atoms with Gasteiger partial charge in [0, 0.05) is 25.7 Å². The topological polar surface area (TPSA) is 129 Å². The Morgan fingerprint density at radius 2 is 2.00 bits per heavy atom. The van der Waals surface area contributed by atoms with Gasteiger partial charge in [-0.05, 0) is 6.07 Å². The van der Waals surface area contributed by atoms with Crippen LogP contribution in [0.3, 0.4) is 0 Å². The number of sulfonamides is 1. The summed E-state index contributed by atoms with van der Waals surface area (Å²) >= 11 is 0. The lowest BCUT2D eigenvalue weighted by Crippen LogP contribution is -2.31. The van der Waals surface area contributed by atoms with Crippen LogP contribution in [0.5, 0.6) is 0 Å². The first kappa shape index (κ1) is 19.6. The molecule has 0 saturated heterocycles. The van der Waals surface area contributed by atoms with E-state index in [1.807, 2.05) is 4.72 Å². The summed E-state index contributed by atoms with van der Waals surface area (Å²) in [4.78, 5) is 21.2. The van der Waals surface area contributed by atoms with Crippen LogP contribution in [0.4, 0.5) is 18.9 Å². The Balaban J connectivity index is 2.14. The Kier molecular flexibility index (Phi) is 5.18. The molecule has 14 heteroatoms. The summed E-state index contributed by atoms with van der Waals surface area (Å²) < 4.78 is 65.0. The van der Waals surface area contributed by atoms with Gasteiger partial charge < -0.3 is 0 Å². The molecule has 10 nitrogen and oxygen atoms in total. The van der Waals surface area contributed by atoms with Crippen LogP contribution in [0.15, 0.2) is 34.0 Å². The zero-order valence-electron chi connectivity index (χ0n) is 13.1. The molecule has 26 heavy (non-hydrogen) atoms. The molecular weight excluding hydrogens is 383 g/mol. The first-order valence-electron chi connectivity index (χ1n) is 6.88. The molecule has 0 atom stereocenters. The average Bonchev–Trinajstić information content (AvgIpc) is 2.83. The van der Waals surface area contributed by atoms with Crippen molar-refractivity contribution in [1.82, 2.24) is 19.1 Å². The Hall–Kier alpha value is -2.74. The maximum atomic E-state index is 12.7. The van der Waals surface area contributed by atoms with E-state index in [1.54, 1.807) is 0 Å². The van der Waals surface area contributed by atoms with Crippen molar-refractivity contribution in [3.8, 4) is 0 Å². The van der Waals surface area contributed by atoms with Crippen LogP contribution in [0.2, 0.25) is 0 Å². The molecule has 2 rings (SSSR count). The highest BCUT2D eigenvalue weighted by Crippen LogP contribution is 2.26. The van der Waals surface area contributed by atoms with Crippen LogP contribution in [-0.4, -0.2) is 34.2 Å². The predicted molar refractivity (Wildman–Crippen MR) is 80.8 cm³/mol. The maximum absolute atomic E-state index is 12.7. The van der Waals surface area contributed by atoms with Gasteiger partial charge in [0.1, 0.15) is 0 Å². The predicted octanol–water partition coefficient (Wildman–Crippen LogP) is 0.487. The van der Waals surface area contributed by atoms with Crippen LogP contribution in [0, 0.1) is 10.1 Å². The van der Waals surface area contributed by atoms with Crippen molar-refractivity contribution in [2.24, 2.45) is 7.05 Å². The van der Waals surface area contributed by atoms with Crippen molar-refractivity contribution in [3.05, 3.63) is 50.7 Å². The fourth-order valence-corrected chi connectivity index (χ4v) is 3.07. The van der Waals surface area contributed by atoms with E-state index in [0.29, 0.717) is 9.25 Å². The molecule has 142 valence electrons. The number of nitrogens with one attached hydrogen (secondary N) is 1. The standard InChI is InChI=1S/C12H12F3N5O5S/c1-18-10(12(13,14)15)17-19(11(18)21)6-5-16-26(24,25)9-4-2-3-8(7-9)20(22)23/h2-4,7,16H,5-6H2,1H3. The Bertz CT molecular complexity index is 995. The fourth-order valence-electron chi connectivity index (χ4n) is 2.01. The summed E-state index contributed by atoms with van der Waals surface area (Å²) in [6.07, 6.45) is -4.83. The van der Waals surface area contributed by atoms with E-state index in [4.69, 9.17) is 0 Å². The van der Waals surface area contributed by atoms with Gasteiger partial charge in [-0.15, -0.1) is 5.10 Å². The third kappa shape index (κ3) is 4.08. The van der Waals surface area contributed by atoms with Gasteiger partial charge in [-0.1, -0.05) is 6.07 Å². The molecule has 0 aliphatic carbocycles. The molecule has 1 N–H and O–H groups in total. The van der Waals surface area contributed by atoms with Crippen LogP contribution in [0.25, 0.3) is 0 Å². The summed E-state index contributed by atoms with van der Waals surface area (Å²) in [5, 5.41) is 13.8. The van der Waals surface area contributed by atoms with Gasteiger partial charge in [-0.25, -0.2) is 22.6 Å². The normalized spacial score (nSPS) is 12.3. The highest BCUT2D eigenvalue weighted by molar-refractivity contribution is 7.89. The number of nitro benzene ring substituents is 1. The molecule has 0 fully saturated rings. The minimum absolute atomic E-state index is 0.301. The first-order valence-corrected chi connectivity index (χ1v) is 8.37. The highest BCUT2D eigenvalue weighted by Gasteiger charge is 2.37. The number of rotatable bonds is 6. The smallest absolute Gasteiger partial charge is 0.274 e. The van der Waals surface area contributed by atoms with Crippen molar-refractivity contribution in [3.63, 3.8) is 0 Å². The third-order valence-corrected chi connectivity index (χ3v) is 4.71. The van der Waals surface area contributed by atoms with Gasteiger partial charge in [-0.3, -0.25) is 14.7 Å². The number of hydrogen-bond donors (Lipinski definition) is 1. The number of alkyl halides is 3. The van der Waals surface area contributed by atoms with E-state index in [0.717, 1.165) is 25.2 Å². The van der Waals surface area contributed by atoms with Gasteiger partial charge in [0.2, 0.25) is 15.8 Å². The monoisotopic (exact) mass is 395 g/mol. The summed E-state index contributed by atoms with van der Waals surface area (Å²) in [6.45, 7) is -0.907. The molecule has 0 amide bonds. The number of hydrogen-bond acceptors (Lipinski definition) is 6. The van der Waals surface area contributed by atoms with Gasteiger partial charge in [0.15, 0.2) is 0 Å². The molecule has 0 radical (unpaired) electrons. The molecule has 1 aromatic heterocycles. The molecule has 0 bridgehead atoms. The number of benzene rings is 1. The van der Waals surface area contributed by atoms with Crippen LogP contribution in [-0.2, 0) is 29.8 Å². The van der Waals surface area contributed by atoms with E-state index in [2.05, 4.69) is 5.10 Å². The fraction of sp³-hybridized carbons (Fsp3) is 0.333.